The van der Waals surface area contributed by atoms with Gasteiger partial charge in [-0.2, -0.15) is 0 Å². The molecule has 8 nitrogen and oxygen atoms in total. The normalized spacial score (nSPS) is 15.2. The van der Waals surface area contributed by atoms with E-state index in [1.807, 2.05) is 18.2 Å². The van der Waals surface area contributed by atoms with Crippen molar-refractivity contribution in [3.8, 4) is 0 Å². The van der Waals surface area contributed by atoms with E-state index in [9.17, 15) is 19.2 Å². The Kier molecular flexibility index (Phi) is 6.20. The Morgan fingerprint density at radius 1 is 1.06 bits per heavy atom. The van der Waals surface area contributed by atoms with E-state index in [0.717, 1.165) is 29.4 Å². The zero-order chi connectivity index (χ0) is 22.7. The van der Waals surface area contributed by atoms with Crippen molar-refractivity contribution >= 4 is 22.8 Å². The first-order chi connectivity index (χ1) is 15.5. The number of esters is 1. The Hall–Kier alpha value is -3.68. The van der Waals surface area contributed by atoms with Gasteiger partial charge in [-0.25, -0.2) is 4.79 Å². The van der Waals surface area contributed by atoms with E-state index in [-0.39, 0.29) is 19.1 Å². The molecule has 4 rings (SSSR count). The monoisotopic (exact) mass is 435 g/mol. The van der Waals surface area contributed by atoms with Crippen molar-refractivity contribution in [3.05, 3.63) is 80.5 Å². The predicted molar refractivity (Wildman–Crippen MR) is 119 cm³/mol. The number of aromatic nitrogens is 2. The Morgan fingerprint density at radius 2 is 1.81 bits per heavy atom. The lowest BCUT2D eigenvalue weighted by Crippen LogP contribution is -2.41. The van der Waals surface area contributed by atoms with Crippen molar-refractivity contribution in [2.45, 2.75) is 45.3 Å². The quantitative estimate of drug-likeness (QED) is 0.597. The van der Waals surface area contributed by atoms with Crippen LogP contribution in [0.5, 0.6) is 0 Å². The van der Waals surface area contributed by atoms with E-state index >= 15 is 0 Å². The maximum absolute atomic E-state index is 12.7. The van der Waals surface area contributed by atoms with Crippen LogP contribution in [0.4, 0.5) is 0 Å². The minimum atomic E-state index is -0.724. The SMILES string of the molecule is CCn1c(=O)c2ccccc2n(CC(=O)OCC(=O)NC2CCCc3ccccc32)c1=O. The molecule has 1 atom stereocenters. The molecule has 1 aromatic heterocycles. The van der Waals surface area contributed by atoms with E-state index in [2.05, 4.69) is 11.4 Å². The van der Waals surface area contributed by atoms with Gasteiger partial charge in [-0.15, -0.1) is 0 Å². The number of ether oxygens (including phenoxy) is 1. The van der Waals surface area contributed by atoms with Crippen LogP contribution in [0.25, 0.3) is 10.9 Å². The second kappa shape index (κ2) is 9.21. The summed E-state index contributed by atoms with van der Waals surface area (Å²) in [7, 11) is 0. The molecule has 0 bridgehead atoms. The van der Waals surface area contributed by atoms with Gasteiger partial charge < -0.3 is 10.1 Å². The van der Waals surface area contributed by atoms with Crippen molar-refractivity contribution in [1.29, 1.82) is 0 Å². The number of fused-ring (bicyclic) bond motifs is 2. The number of hydrogen-bond donors (Lipinski definition) is 1. The summed E-state index contributed by atoms with van der Waals surface area (Å²) in [4.78, 5) is 50.1. The standard InChI is InChI=1S/C24H25N3O5/c1-2-26-23(30)18-11-5-6-13-20(18)27(24(26)31)14-22(29)32-15-21(28)25-19-12-7-9-16-8-3-4-10-17(16)19/h3-6,8,10-11,13,19H,2,7,9,12,14-15H2,1H3,(H,25,28). The Bertz CT molecular complexity index is 1290. The number of benzene rings is 2. The molecular formula is C24H25N3O5. The smallest absolute Gasteiger partial charge is 0.332 e. The summed E-state index contributed by atoms with van der Waals surface area (Å²) < 4.78 is 7.43. The van der Waals surface area contributed by atoms with Crippen LogP contribution in [0.15, 0.2) is 58.1 Å². The van der Waals surface area contributed by atoms with E-state index in [4.69, 9.17) is 4.74 Å². The van der Waals surface area contributed by atoms with Gasteiger partial charge in [0.05, 0.1) is 16.9 Å². The lowest BCUT2D eigenvalue weighted by Gasteiger charge is -2.26. The molecule has 1 heterocycles. The van der Waals surface area contributed by atoms with Crippen LogP contribution in [0, 0.1) is 0 Å². The highest BCUT2D eigenvalue weighted by Gasteiger charge is 2.22. The van der Waals surface area contributed by atoms with Gasteiger partial charge in [0, 0.05) is 6.54 Å². The fourth-order valence-electron chi connectivity index (χ4n) is 4.26. The zero-order valence-electron chi connectivity index (χ0n) is 17.9. The molecule has 1 aliphatic rings. The molecule has 1 aliphatic carbocycles. The fourth-order valence-corrected chi connectivity index (χ4v) is 4.26. The summed E-state index contributed by atoms with van der Waals surface area (Å²) in [5.41, 5.74) is 1.69. The predicted octanol–water partition coefficient (Wildman–Crippen LogP) is 1.92. The molecule has 166 valence electrons. The Morgan fingerprint density at radius 3 is 2.62 bits per heavy atom. The summed E-state index contributed by atoms with van der Waals surface area (Å²) in [5, 5.41) is 3.27. The van der Waals surface area contributed by atoms with Crippen molar-refractivity contribution in [2.75, 3.05) is 6.61 Å². The van der Waals surface area contributed by atoms with E-state index in [1.54, 1.807) is 31.2 Å². The number of nitrogens with zero attached hydrogens (tertiary/aromatic N) is 2. The van der Waals surface area contributed by atoms with Crippen LogP contribution in [-0.4, -0.2) is 27.6 Å². The first kappa shape index (κ1) is 21.5. The minimum absolute atomic E-state index is 0.106. The lowest BCUT2D eigenvalue weighted by molar-refractivity contribution is -0.149. The number of para-hydroxylation sites is 1. The van der Waals surface area contributed by atoms with E-state index < -0.39 is 29.7 Å². The van der Waals surface area contributed by atoms with Gasteiger partial charge in [0.2, 0.25) is 0 Å². The van der Waals surface area contributed by atoms with Gasteiger partial charge in [0.25, 0.3) is 11.5 Å². The summed E-state index contributed by atoms with van der Waals surface area (Å²) >= 11 is 0. The third kappa shape index (κ3) is 4.21. The highest BCUT2D eigenvalue weighted by atomic mass is 16.5. The summed E-state index contributed by atoms with van der Waals surface area (Å²) in [6.07, 6.45) is 2.79. The number of amides is 1. The van der Waals surface area contributed by atoms with Crippen LogP contribution >= 0.6 is 0 Å². The highest BCUT2D eigenvalue weighted by Crippen LogP contribution is 2.29. The van der Waals surface area contributed by atoms with Crippen LogP contribution in [0.2, 0.25) is 0 Å². The average Bonchev–Trinajstić information content (AvgIpc) is 2.81. The van der Waals surface area contributed by atoms with Crippen LogP contribution in [0.3, 0.4) is 0 Å². The average molecular weight is 435 g/mol. The largest absolute Gasteiger partial charge is 0.454 e. The molecule has 0 fully saturated rings. The van der Waals surface area contributed by atoms with Gasteiger partial charge in [0.1, 0.15) is 6.54 Å². The Balaban J connectivity index is 1.44. The van der Waals surface area contributed by atoms with Crippen molar-refractivity contribution in [1.82, 2.24) is 14.5 Å². The molecule has 1 N–H and O–H groups in total. The molecule has 0 radical (unpaired) electrons. The van der Waals surface area contributed by atoms with E-state index in [0.29, 0.717) is 10.9 Å². The number of hydrogen-bond acceptors (Lipinski definition) is 5. The van der Waals surface area contributed by atoms with Crippen LogP contribution in [0.1, 0.15) is 36.9 Å². The first-order valence-electron chi connectivity index (χ1n) is 10.7. The van der Waals surface area contributed by atoms with Gasteiger partial charge >= 0.3 is 11.7 Å². The number of carbonyl (C=O) groups is 2. The molecular weight excluding hydrogens is 410 g/mol. The highest BCUT2D eigenvalue weighted by molar-refractivity contribution is 5.82. The summed E-state index contributed by atoms with van der Waals surface area (Å²) in [5.74, 6) is -1.12. The second-order valence-corrected chi connectivity index (χ2v) is 7.81. The van der Waals surface area contributed by atoms with E-state index in [1.165, 1.54) is 10.1 Å². The van der Waals surface area contributed by atoms with Gasteiger partial charge in [0.15, 0.2) is 6.61 Å². The van der Waals surface area contributed by atoms with Crippen LogP contribution < -0.4 is 16.6 Å². The number of aryl methyl sites for hydroxylation is 1. The summed E-state index contributed by atoms with van der Waals surface area (Å²) in [6, 6.07) is 14.5. The zero-order valence-corrected chi connectivity index (χ0v) is 17.9. The fraction of sp³-hybridized carbons (Fsp3) is 0.333. The molecule has 0 spiro atoms. The Labute approximate surface area is 184 Å². The van der Waals surface area contributed by atoms with Gasteiger partial charge in [-0.3, -0.25) is 23.5 Å². The molecule has 3 aromatic rings. The summed E-state index contributed by atoms with van der Waals surface area (Å²) in [6.45, 7) is 1.05. The molecule has 0 saturated heterocycles. The molecule has 0 saturated carbocycles. The maximum atomic E-state index is 12.7. The first-order valence-corrected chi connectivity index (χ1v) is 10.7. The number of rotatable bonds is 6. The van der Waals surface area contributed by atoms with Crippen molar-refractivity contribution < 1.29 is 14.3 Å². The lowest BCUT2D eigenvalue weighted by atomic mass is 9.88. The van der Waals surface area contributed by atoms with Crippen LogP contribution in [-0.2, 0) is 33.8 Å². The number of carbonyl (C=O) groups excluding carboxylic acids is 2. The van der Waals surface area contributed by atoms with Crippen molar-refractivity contribution in [2.24, 2.45) is 0 Å². The molecule has 1 amide bonds. The molecule has 2 aromatic carbocycles. The number of nitrogens with one attached hydrogen (secondary N) is 1. The molecule has 32 heavy (non-hydrogen) atoms. The second-order valence-electron chi connectivity index (χ2n) is 7.81. The van der Waals surface area contributed by atoms with Gasteiger partial charge in [-0.05, 0) is 49.4 Å². The van der Waals surface area contributed by atoms with Gasteiger partial charge in [-0.1, -0.05) is 36.4 Å². The molecule has 0 aliphatic heterocycles. The van der Waals surface area contributed by atoms with Crippen molar-refractivity contribution in [3.63, 3.8) is 0 Å². The third-order valence-corrected chi connectivity index (χ3v) is 5.80. The maximum Gasteiger partial charge on any atom is 0.332 e. The topological polar surface area (TPSA) is 99.4 Å². The molecule has 1 unspecified atom stereocenters. The molecule has 8 heteroatoms. The third-order valence-electron chi connectivity index (χ3n) is 5.80. The minimum Gasteiger partial charge on any atom is -0.454 e.